The van der Waals surface area contributed by atoms with Crippen LogP contribution in [-0.4, -0.2) is 23.2 Å². The molecule has 1 heterocycles. The maximum absolute atomic E-state index is 12.7. The van der Waals surface area contributed by atoms with E-state index in [0.717, 1.165) is 18.8 Å². The fourth-order valence-corrected chi connectivity index (χ4v) is 5.39. The fourth-order valence-electron chi connectivity index (χ4n) is 5.39. The van der Waals surface area contributed by atoms with Gasteiger partial charge in [0.2, 0.25) is 0 Å². The van der Waals surface area contributed by atoms with Crippen molar-refractivity contribution in [1.82, 2.24) is 5.32 Å². The van der Waals surface area contributed by atoms with E-state index in [9.17, 15) is 4.79 Å². The minimum atomic E-state index is -0.193. The molecule has 1 aromatic rings. The van der Waals surface area contributed by atoms with Crippen molar-refractivity contribution in [2.45, 2.75) is 103 Å². The number of ether oxygens (including phenoxy) is 1. The molecule has 1 radical (unpaired) electrons. The molecule has 28 heavy (non-hydrogen) atoms. The Kier molecular flexibility index (Phi) is 6.54. The molecule has 0 bridgehead atoms. The lowest BCUT2D eigenvalue weighted by Crippen LogP contribution is -2.59. The molecule has 2 fully saturated rings. The minimum Gasteiger partial charge on any atom is -0.459 e. The smallest absolute Gasteiger partial charge is 0.338 e. The lowest BCUT2D eigenvalue weighted by molar-refractivity contribution is -0.00637. The molecule has 1 aromatic carbocycles. The van der Waals surface area contributed by atoms with Crippen LogP contribution in [0.3, 0.4) is 0 Å². The molecule has 2 aliphatic rings. The van der Waals surface area contributed by atoms with E-state index in [1.165, 1.54) is 44.1 Å². The number of piperidine rings is 1. The van der Waals surface area contributed by atoms with Gasteiger partial charge in [-0.15, -0.1) is 0 Å². The average molecular weight is 385 g/mol. The number of hydrogen-bond donors (Lipinski definition) is 1. The quantitative estimate of drug-likeness (QED) is 0.627. The highest BCUT2D eigenvalue weighted by Gasteiger charge is 2.39. The number of carbonyl (C=O) groups is 1. The number of benzene rings is 1. The molecule has 3 nitrogen and oxygen atoms in total. The molecule has 0 atom stereocenters. The molecular weight excluding hydrogens is 346 g/mol. The summed E-state index contributed by atoms with van der Waals surface area (Å²) in [6.07, 6.45) is 9.34. The second-order valence-corrected chi connectivity index (χ2v) is 10.2. The van der Waals surface area contributed by atoms with Crippen molar-refractivity contribution in [2.75, 3.05) is 0 Å². The zero-order chi connectivity index (χ0) is 20.4. The molecule has 1 aliphatic carbocycles. The van der Waals surface area contributed by atoms with Crippen LogP contribution in [0.25, 0.3) is 0 Å². The van der Waals surface area contributed by atoms with Gasteiger partial charge in [0.15, 0.2) is 0 Å². The summed E-state index contributed by atoms with van der Waals surface area (Å²) in [6, 6.07) is 8.12. The normalized spacial score (nSPS) is 23.5. The lowest BCUT2D eigenvalue weighted by Gasteiger charge is -2.45. The highest BCUT2D eigenvalue weighted by atomic mass is 16.5. The summed E-state index contributed by atoms with van der Waals surface area (Å²) < 4.78 is 5.89. The molecule has 3 heteroatoms. The van der Waals surface area contributed by atoms with Crippen molar-refractivity contribution in [3.05, 3.63) is 41.3 Å². The van der Waals surface area contributed by atoms with Gasteiger partial charge in [0.05, 0.1) is 5.56 Å². The second-order valence-electron chi connectivity index (χ2n) is 10.2. The predicted octanol–water partition coefficient (Wildman–Crippen LogP) is 6.07. The molecule has 3 rings (SSSR count). The van der Waals surface area contributed by atoms with E-state index in [0.29, 0.717) is 5.56 Å². The van der Waals surface area contributed by atoms with Crippen LogP contribution in [0, 0.1) is 11.8 Å². The first-order chi connectivity index (χ1) is 13.2. The Hall–Kier alpha value is -1.35. The van der Waals surface area contributed by atoms with Crippen LogP contribution in [0.1, 0.15) is 102 Å². The molecule has 1 saturated carbocycles. The monoisotopic (exact) mass is 384 g/mol. The Morgan fingerprint density at radius 1 is 1.04 bits per heavy atom. The lowest BCUT2D eigenvalue weighted by atomic mass is 9.77. The Balaban J connectivity index is 1.57. The van der Waals surface area contributed by atoms with Gasteiger partial charge in [0.25, 0.3) is 0 Å². The first-order valence-electron chi connectivity index (χ1n) is 11.1. The standard InChI is InChI=1S/C25H38NO2/c1-6-7-18-8-10-19(11-9-18)20-12-14-21(15-13-20)23(27)28-22-16-24(2,3)26-25(4,5)17-22/h12-15,18,22,26H,6-11,16-17H2,1-5H3. The van der Waals surface area contributed by atoms with Crippen LogP contribution in [0.15, 0.2) is 24.3 Å². The number of nitrogens with one attached hydrogen (secondary N) is 1. The average Bonchev–Trinajstić information content (AvgIpc) is 2.60. The molecule has 1 saturated heterocycles. The minimum absolute atomic E-state index is 0.0240. The van der Waals surface area contributed by atoms with Gasteiger partial charge < -0.3 is 10.1 Å². The third-order valence-corrected chi connectivity index (χ3v) is 6.36. The summed E-state index contributed by atoms with van der Waals surface area (Å²) in [7, 11) is 0. The Labute approximate surface area is 171 Å². The first-order valence-corrected chi connectivity index (χ1v) is 11.1. The van der Waals surface area contributed by atoms with Crippen LogP contribution in [0.4, 0.5) is 0 Å². The van der Waals surface area contributed by atoms with Crippen molar-refractivity contribution < 1.29 is 9.53 Å². The number of carbonyl (C=O) groups excluding carboxylic acids is 1. The second kappa shape index (κ2) is 8.57. The van der Waals surface area contributed by atoms with Crippen LogP contribution in [0.5, 0.6) is 0 Å². The van der Waals surface area contributed by atoms with E-state index in [2.05, 4.69) is 52.1 Å². The number of rotatable bonds is 5. The molecule has 0 aromatic heterocycles. The van der Waals surface area contributed by atoms with Gasteiger partial charge >= 0.3 is 5.97 Å². The third kappa shape index (κ3) is 5.59. The molecule has 155 valence electrons. The SMILES string of the molecule is CCCC1CC[C](c2ccc(C(=O)OC3CC(C)(C)NC(C)(C)C3)cc2)CC1. The maximum atomic E-state index is 12.7. The highest BCUT2D eigenvalue weighted by Crippen LogP contribution is 2.37. The summed E-state index contributed by atoms with van der Waals surface area (Å²) in [4.78, 5) is 12.7. The van der Waals surface area contributed by atoms with E-state index in [1.54, 1.807) is 5.92 Å². The molecule has 0 spiro atoms. The van der Waals surface area contributed by atoms with Gasteiger partial charge in [-0.05, 0) is 77.0 Å². The van der Waals surface area contributed by atoms with E-state index in [4.69, 9.17) is 4.74 Å². The van der Waals surface area contributed by atoms with Crippen molar-refractivity contribution in [2.24, 2.45) is 5.92 Å². The van der Waals surface area contributed by atoms with Gasteiger partial charge in [-0.25, -0.2) is 4.79 Å². The van der Waals surface area contributed by atoms with Crippen LogP contribution >= 0.6 is 0 Å². The van der Waals surface area contributed by atoms with Crippen molar-refractivity contribution in [1.29, 1.82) is 0 Å². The predicted molar refractivity (Wildman–Crippen MR) is 115 cm³/mol. The number of hydrogen-bond acceptors (Lipinski definition) is 3. The first kappa shape index (κ1) is 21.4. The van der Waals surface area contributed by atoms with E-state index in [-0.39, 0.29) is 23.2 Å². The largest absolute Gasteiger partial charge is 0.459 e. The van der Waals surface area contributed by atoms with Crippen LogP contribution in [0.2, 0.25) is 0 Å². The van der Waals surface area contributed by atoms with Crippen molar-refractivity contribution >= 4 is 5.97 Å². The molecule has 1 aliphatic heterocycles. The van der Waals surface area contributed by atoms with Crippen molar-refractivity contribution in [3.63, 3.8) is 0 Å². The van der Waals surface area contributed by atoms with Crippen LogP contribution in [-0.2, 0) is 4.74 Å². The summed E-state index contributed by atoms with van der Waals surface area (Å²) in [6.45, 7) is 11.0. The zero-order valence-electron chi connectivity index (χ0n) is 18.4. The summed E-state index contributed by atoms with van der Waals surface area (Å²) in [5, 5.41) is 3.64. The molecule has 0 amide bonds. The zero-order valence-corrected chi connectivity index (χ0v) is 18.4. The molecule has 1 N–H and O–H groups in total. The Morgan fingerprint density at radius 2 is 1.61 bits per heavy atom. The van der Waals surface area contributed by atoms with Gasteiger partial charge in [0.1, 0.15) is 6.10 Å². The van der Waals surface area contributed by atoms with E-state index < -0.39 is 0 Å². The van der Waals surface area contributed by atoms with Gasteiger partial charge in [0, 0.05) is 29.8 Å². The topological polar surface area (TPSA) is 38.3 Å². The summed E-state index contributed by atoms with van der Waals surface area (Å²) >= 11 is 0. The molecular formula is C25H38NO2. The van der Waals surface area contributed by atoms with E-state index >= 15 is 0 Å². The van der Waals surface area contributed by atoms with E-state index in [1.807, 2.05) is 12.1 Å². The Morgan fingerprint density at radius 3 is 2.14 bits per heavy atom. The van der Waals surface area contributed by atoms with Gasteiger partial charge in [-0.2, -0.15) is 0 Å². The third-order valence-electron chi connectivity index (χ3n) is 6.36. The fraction of sp³-hybridized carbons (Fsp3) is 0.680. The highest BCUT2D eigenvalue weighted by molar-refractivity contribution is 5.89. The number of esters is 1. The van der Waals surface area contributed by atoms with Gasteiger partial charge in [-0.1, -0.05) is 31.9 Å². The van der Waals surface area contributed by atoms with Crippen LogP contribution < -0.4 is 5.32 Å². The Bertz CT molecular complexity index is 638. The summed E-state index contributed by atoms with van der Waals surface area (Å²) in [5.41, 5.74) is 1.92. The van der Waals surface area contributed by atoms with Gasteiger partial charge in [-0.3, -0.25) is 0 Å². The summed E-state index contributed by atoms with van der Waals surface area (Å²) in [5.74, 6) is 2.26. The van der Waals surface area contributed by atoms with Crippen molar-refractivity contribution in [3.8, 4) is 0 Å². The maximum Gasteiger partial charge on any atom is 0.338 e. The molecule has 0 unspecified atom stereocenters.